The van der Waals surface area contributed by atoms with Crippen LogP contribution in [0.2, 0.25) is 0 Å². The average molecular weight is 537 g/mol. The van der Waals surface area contributed by atoms with Crippen LogP contribution in [0.5, 0.6) is 0 Å². The number of aliphatic imine (C=N–C) groups is 1. The van der Waals surface area contributed by atoms with Crippen molar-refractivity contribution in [3.63, 3.8) is 0 Å². The van der Waals surface area contributed by atoms with E-state index >= 15 is 0 Å². The second-order valence-electron chi connectivity index (χ2n) is 8.36. The van der Waals surface area contributed by atoms with Gasteiger partial charge in [0.15, 0.2) is 5.96 Å². The van der Waals surface area contributed by atoms with Gasteiger partial charge in [-0.1, -0.05) is 56.3 Å². The molecule has 1 aliphatic heterocycles. The molecule has 0 atom stereocenters. The molecule has 0 saturated carbocycles. The van der Waals surface area contributed by atoms with Gasteiger partial charge in [0.2, 0.25) is 0 Å². The molecule has 0 amide bonds. The van der Waals surface area contributed by atoms with Gasteiger partial charge in [0.1, 0.15) is 0 Å². The number of nitrogens with two attached hydrogens (primary N) is 1. The van der Waals surface area contributed by atoms with E-state index in [2.05, 4.69) is 71.5 Å². The highest BCUT2D eigenvalue weighted by Gasteiger charge is 2.19. The van der Waals surface area contributed by atoms with Gasteiger partial charge in [-0.2, -0.15) is 0 Å². The van der Waals surface area contributed by atoms with Crippen molar-refractivity contribution in [3.05, 3.63) is 65.7 Å². The first kappa shape index (κ1) is 25.6. The third-order valence-corrected chi connectivity index (χ3v) is 5.55. The van der Waals surface area contributed by atoms with Crippen LogP contribution in [-0.2, 0) is 11.3 Å². The van der Waals surface area contributed by atoms with Crippen LogP contribution >= 0.6 is 24.0 Å². The van der Waals surface area contributed by atoms with Crippen molar-refractivity contribution in [2.45, 2.75) is 51.7 Å². The van der Waals surface area contributed by atoms with E-state index in [0.717, 1.165) is 51.2 Å². The lowest BCUT2D eigenvalue weighted by atomic mass is 10.0. The minimum atomic E-state index is 0. The Hall–Kier alpha value is -1.64. The number of anilines is 1. The lowest BCUT2D eigenvalue weighted by Crippen LogP contribution is -2.36. The van der Waals surface area contributed by atoms with Crippen molar-refractivity contribution in [1.29, 1.82) is 0 Å². The van der Waals surface area contributed by atoms with Crippen LogP contribution in [0, 0.1) is 0 Å². The summed E-state index contributed by atoms with van der Waals surface area (Å²) in [4.78, 5) is 6.94. The van der Waals surface area contributed by atoms with Crippen molar-refractivity contribution >= 4 is 35.6 Å². The first-order valence-corrected chi connectivity index (χ1v) is 11.1. The summed E-state index contributed by atoms with van der Waals surface area (Å²) in [7, 11) is 0. The smallest absolute Gasteiger partial charge is 0.193 e. The van der Waals surface area contributed by atoms with Gasteiger partial charge in [-0.15, -0.1) is 24.0 Å². The summed E-state index contributed by atoms with van der Waals surface area (Å²) in [6.07, 6.45) is 3.46. The fourth-order valence-corrected chi connectivity index (χ4v) is 3.75. The van der Waals surface area contributed by atoms with Crippen molar-refractivity contribution in [2.75, 3.05) is 31.6 Å². The predicted molar refractivity (Wildman–Crippen MR) is 141 cm³/mol. The number of halogens is 1. The summed E-state index contributed by atoms with van der Waals surface area (Å²) < 4.78 is 6.07. The van der Waals surface area contributed by atoms with E-state index in [-0.39, 0.29) is 24.0 Å². The molecule has 0 aromatic heterocycles. The zero-order chi connectivity index (χ0) is 21.2. The Morgan fingerprint density at radius 1 is 1.13 bits per heavy atom. The third-order valence-electron chi connectivity index (χ3n) is 5.55. The Bertz CT molecular complexity index is 789. The second kappa shape index (κ2) is 13.7. The quantitative estimate of drug-likeness (QED) is 0.200. The number of guanidine groups is 1. The Labute approximate surface area is 204 Å². The second-order valence-corrected chi connectivity index (χ2v) is 8.36. The number of nitrogens with one attached hydrogen (secondary N) is 1. The third kappa shape index (κ3) is 9.17. The van der Waals surface area contributed by atoms with E-state index in [1.54, 1.807) is 0 Å². The molecule has 0 bridgehead atoms. The minimum absolute atomic E-state index is 0. The lowest BCUT2D eigenvalue weighted by molar-refractivity contribution is 0.00566. The molecule has 2 aromatic carbocycles. The van der Waals surface area contributed by atoms with Crippen LogP contribution in [0.15, 0.2) is 59.6 Å². The van der Waals surface area contributed by atoms with Gasteiger partial charge in [-0.05, 0) is 48.4 Å². The maximum absolute atomic E-state index is 6.07. The van der Waals surface area contributed by atoms with Crippen LogP contribution < -0.4 is 11.1 Å². The molecule has 3 N–H and O–H groups in total. The molecule has 31 heavy (non-hydrogen) atoms. The summed E-state index contributed by atoms with van der Waals surface area (Å²) in [6.45, 7) is 9.02. The Morgan fingerprint density at radius 3 is 2.58 bits per heavy atom. The summed E-state index contributed by atoms with van der Waals surface area (Å²) in [6, 6.07) is 19.0. The molecule has 1 aliphatic rings. The van der Waals surface area contributed by atoms with E-state index < -0.39 is 0 Å². The number of ether oxygens (including phenoxy) is 1. The molecule has 6 heteroatoms. The average Bonchev–Trinajstić information content (AvgIpc) is 2.75. The Kier molecular flexibility index (Phi) is 11.3. The molecular weight excluding hydrogens is 499 g/mol. The van der Waals surface area contributed by atoms with Gasteiger partial charge in [0, 0.05) is 38.5 Å². The zero-order valence-electron chi connectivity index (χ0n) is 18.8. The zero-order valence-corrected chi connectivity index (χ0v) is 21.1. The summed E-state index contributed by atoms with van der Waals surface area (Å²) in [5.41, 5.74) is 9.69. The Morgan fingerprint density at radius 2 is 1.87 bits per heavy atom. The maximum atomic E-state index is 6.07. The van der Waals surface area contributed by atoms with Crippen molar-refractivity contribution in [1.82, 2.24) is 4.90 Å². The maximum Gasteiger partial charge on any atom is 0.193 e. The minimum Gasteiger partial charge on any atom is -0.378 e. The highest BCUT2D eigenvalue weighted by Crippen LogP contribution is 2.18. The van der Waals surface area contributed by atoms with E-state index in [1.165, 1.54) is 11.1 Å². The topological polar surface area (TPSA) is 62.9 Å². The number of piperidine rings is 1. The molecule has 0 radical (unpaired) electrons. The van der Waals surface area contributed by atoms with Gasteiger partial charge in [0.25, 0.3) is 0 Å². The fourth-order valence-electron chi connectivity index (χ4n) is 3.75. The van der Waals surface area contributed by atoms with E-state index in [9.17, 15) is 0 Å². The molecular formula is C25H37IN4O. The molecule has 5 nitrogen and oxygen atoms in total. The summed E-state index contributed by atoms with van der Waals surface area (Å²) in [5, 5.41) is 3.18. The van der Waals surface area contributed by atoms with Crippen LogP contribution in [0.25, 0.3) is 0 Å². The summed E-state index contributed by atoms with van der Waals surface area (Å²) in [5.74, 6) is 0.956. The molecule has 170 valence electrons. The van der Waals surface area contributed by atoms with Gasteiger partial charge >= 0.3 is 0 Å². The number of rotatable bonds is 9. The SMILES string of the molecule is CC(C)c1cccc(NC(N)=NCCCOC2CCN(Cc3ccccc3)CC2)c1.I. The van der Waals surface area contributed by atoms with Crippen LogP contribution in [0.1, 0.15) is 50.2 Å². The first-order chi connectivity index (χ1) is 14.6. The van der Waals surface area contributed by atoms with Crippen molar-refractivity contribution in [3.8, 4) is 0 Å². The number of benzene rings is 2. The molecule has 2 aromatic rings. The highest BCUT2D eigenvalue weighted by molar-refractivity contribution is 14.0. The van der Waals surface area contributed by atoms with E-state index in [1.807, 2.05) is 12.1 Å². The highest BCUT2D eigenvalue weighted by atomic mass is 127. The molecule has 0 unspecified atom stereocenters. The van der Waals surface area contributed by atoms with Crippen LogP contribution in [0.3, 0.4) is 0 Å². The first-order valence-electron chi connectivity index (χ1n) is 11.1. The van der Waals surface area contributed by atoms with Crippen molar-refractivity contribution < 1.29 is 4.74 Å². The van der Waals surface area contributed by atoms with Gasteiger partial charge in [-0.3, -0.25) is 9.89 Å². The van der Waals surface area contributed by atoms with Gasteiger partial charge < -0.3 is 15.8 Å². The van der Waals surface area contributed by atoms with Gasteiger partial charge in [-0.25, -0.2) is 0 Å². The van der Waals surface area contributed by atoms with Crippen LogP contribution in [0.4, 0.5) is 5.69 Å². The van der Waals surface area contributed by atoms with E-state index in [0.29, 0.717) is 24.5 Å². The van der Waals surface area contributed by atoms with E-state index in [4.69, 9.17) is 10.5 Å². The van der Waals surface area contributed by atoms with Crippen LogP contribution in [-0.4, -0.2) is 43.2 Å². The molecule has 0 spiro atoms. The number of likely N-dealkylation sites (tertiary alicyclic amines) is 1. The molecule has 1 saturated heterocycles. The number of nitrogens with zero attached hydrogens (tertiary/aromatic N) is 2. The predicted octanol–water partition coefficient (Wildman–Crippen LogP) is 5.23. The number of hydrogen-bond acceptors (Lipinski definition) is 3. The Balaban J connectivity index is 0.00000341. The monoisotopic (exact) mass is 536 g/mol. The summed E-state index contributed by atoms with van der Waals surface area (Å²) >= 11 is 0. The largest absolute Gasteiger partial charge is 0.378 e. The van der Waals surface area contributed by atoms with Crippen molar-refractivity contribution in [2.24, 2.45) is 10.7 Å². The molecule has 1 heterocycles. The standard InChI is InChI=1S/C25H36N4O.HI/c1-20(2)22-10-6-11-23(18-22)28-25(26)27-14-7-17-30-24-12-15-29(16-13-24)19-21-8-4-3-5-9-21;/h3-6,8-11,18,20,24H,7,12-17,19H2,1-2H3,(H3,26,27,28);1H. The molecule has 0 aliphatic carbocycles. The fraction of sp³-hybridized carbons (Fsp3) is 0.480. The van der Waals surface area contributed by atoms with Gasteiger partial charge in [0.05, 0.1) is 6.10 Å². The lowest BCUT2D eigenvalue weighted by Gasteiger charge is -2.31. The number of hydrogen-bond donors (Lipinski definition) is 2. The molecule has 3 rings (SSSR count). The normalized spacial score (nSPS) is 15.6. The molecule has 1 fully saturated rings.